The molecule has 68 valence electrons. The van der Waals surface area contributed by atoms with Gasteiger partial charge in [-0.15, -0.1) is 0 Å². The van der Waals surface area contributed by atoms with E-state index in [1.807, 2.05) is 0 Å². The Balaban J connectivity index is 0. The van der Waals surface area contributed by atoms with E-state index in [1.54, 1.807) is 0 Å². The minimum absolute atomic E-state index is 0. The predicted octanol–water partition coefficient (Wildman–Crippen LogP) is 0.0880. The molecule has 0 saturated heterocycles. The van der Waals surface area contributed by atoms with Crippen LogP contribution >= 0.6 is 0 Å². The SMILES string of the molecule is CC(C)C(C)[BH2-]C(C)C(C)C.[Li+]. The van der Waals surface area contributed by atoms with Gasteiger partial charge in [-0.3, -0.25) is 0 Å². The molecule has 0 nitrogen and oxygen atoms in total. The third-order valence-electron chi connectivity index (χ3n) is 3.72. The first kappa shape index (κ1) is 15.1. The number of hydrogen-bond acceptors (Lipinski definition) is 0. The van der Waals surface area contributed by atoms with E-state index >= 15 is 0 Å². The van der Waals surface area contributed by atoms with Gasteiger partial charge in [0.25, 0.3) is 0 Å². The van der Waals surface area contributed by atoms with E-state index in [9.17, 15) is 0 Å². The molecule has 2 unspecified atom stereocenters. The minimum atomic E-state index is 0. The maximum absolute atomic E-state index is 2.42. The Labute approximate surface area is 91.3 Å². The second-order valence-electron chi connectivity index (χ2n) is 5.31. The van der Waals surface area contributed by atoms with Gasteiger partial charge in [-0.05, 0) is 7.28 Å². The Hall–Kier alpha value is 0.662. The van der Waals surface area contributed by atoms with Gasteiger partial charge < -0.3 is 0 Å². The van der Waals surface area contributed by atoms with Crippen molar-refractivity contribution >= 4 is 7.28 Å². The first-order chi connectivity index (χ1) is 4.95. The van der Waals surface area contributed by atoms with E-state index in [-0.39, 0.29) is 26.1 Å². The van der Waals surface area contributed by atoms with Crippen LogP contribution in [-0.2, 0) is 0 Å². The van der Waals surface area contributed by atoms with Gasteiger partial charge in [-0.1, -0.05) is 53.4 Å². The maximum atomic E-state index is 2.42. The van der Waals surface area contributed by atoms with E-state index in [4.69, 9.17) is 0 Å². The summed E-state index contributed by atoms with van der Waals surface area (Å²) in [6.07, 6.45) is 0. The summed E-state index contributed by atoms with van der Waals surface area (Å²) in [5, 5.41) is 0. The molecule has 12 heavy (non-hydrogen) atoms. The molecule has 0 amide bonds. The average molecular weight is 162 g/mol. The number of hydrogen-bond donors (Lipinski definition) is 0. The van der Waals surface area contributed by atoms with Crippen molar-refractivity contribution in [3.63, 3.8) is 0 Å². The van der Waals surface area contributed by atoms with Crippen LogP contribution in [0.1, 0.15) is 41.5 Å². The second-order valence-corrected chi connectivity index (χ2v) is 5.31. The van der Waals surface area contributed by atoms with Crippen molar-refractivity contribution in [3.05, 3.63) is 0 Å². The minimum Gasteiger partial charge on any atom is -0.173 e. The summed E-state index contributed by atoms with van der Waals surface area (Å²) in [5.41, 5.74) is 0. The van der Waals surface area contributed by atoms with Crippen LogP contribution in [0.4, 0.5) is 0 Å². The van der Waals surface area contributed by atoms with Crippen LogP contribution in [0.3, 0.4) is 0 Å². The summed E-state index contributed by atoms with van der Waals surface area (Å²) in [4.78, 5) is 0. The molecule has 0 heterocycles. The van der Waals surface area contributed by atoms with E-state index in [1.165, 1.54) is 0 Å². The van der Waals surface area contributed by atoms with Crippen LogP contribution in [0.2, 0.25) is 11.6 Å². The summed E-state index contributed by atoms with van der Waals surface area (Å²) in [5.74, 6) is 3.81. The fraction of sp³-hybridized carbons (Fsp3) is 1.00. The summed E-state index contributed by atoms with van der Waals surface area (Å²) in [6.45, 7) is 14.2. The molecule has 0 aromatic heterocycles. The molecule has 0 aliphatic heterocycles. The zero-order valence-corrected chi connectivity index (χ0v) is 10.3. The van der Waals surface area contributed by atoms with E-state index < -0.39 is 0 Å². The molecule has 0 N–H and O–H groups in total. The first-order valence-electron chi connectivity index (χ1n) is 5.29. The van der Waals surface area contributed by atoms with Gasteiger partial charge in [0.15, 0.2) is 0 Å². The molecule has 2 atom stereocenters. The zero-order chi connectivity index (χ0) is 9.02. The van der Waals surface area contributed by atoms with Crippen LogP contribution in [0.25, 0.3) is 0 Å². The second kappa shape index (κ2) is 7.10. The van der Waals surface area contributed by atoms with Crippen LogP contribution in [0.15, 0.2) is 0 Å². The van der Waals surface area contributed by atoms with Crippen molar-refractivity contribution in [3.8, 4) is 0 Å². The van der Waals surface area contributed by atoms with Crippen LogP contribution in [-0.4, -0.2) is 7.28 Å². The normalized spacial score (nSPS) is 16.0. The Kier molecular flexibility index (Phi) is 8.97. The monoisotopic (exact) mass is 162 g/mol. The summed E-state index contributed by atoms with van der Waals surface area (Å²) >= 11 is 0. The first-order valence-corrected chi connectivity index (χ1v) is 5.29. The average Bonchev–Trinajstić information content (AvgIpc) is 1.87. The summed E-state index contributed by atoms with van der Waals surface area (Å²) < 4.78 is 0. The maximum Gasteiger partial charge on any atom is 1.00 e. The van der Waals surface area contributed by atoms with Crippen LogP contribution in [0.5, 0.6) is 0 Å². The topological polar surface area (TPSA) is 0 Å². The Morgan fingerprint density at radius 2 is 0.917 bits per heavy atom. The fourth-order valence-electron chi connectivity index (χ4n) is 1.60. The van der Waals surface area contributed by atoms with Gasteiger partial charge in [-0.2, -0.15) is 11.6 Å². The standard InChI is InChI=1S/C10H24B.Li/c1-7(2)9(5)11-10(6)8(3)4;/h7-10H,11H2,1-6H3;/q-1;+1. The van der Waals surface area contributed by atoms with Gasteiger partial charge in [0.2, 0.25) is 0 Å². The van der Waals surface area contributed by atoms with Gasteiger partial charge >= 0.3 is 18.9 Å². The van der Waals surface area contributed by atoms with Gasteiger partial charge in [0.05, 0.1) is 0 Å². The smallest absolute Gasteiger partial charge is 0.173 e. The molecule has 0 bridgehead atoms. The molecule has 0 radical (unpaired) electrons. The molecule has 0 saturated carbocycles. The van der Waals surface area contributed by atoms with E-state index in [2.05, 4.69) is 41.5 Å². The quantitative estimate of drug-likeness (QED) is 0.514. The van der Waals surface area contributed by atoms with Crippen molar-refractivity contribution in [2.24, 2.45) is 11.8 Å². The zero-order valence-electron chi connectivity index (χ0n) is 10.3. The predicted molar refractivity (Wildman–Crippen MR) is 57.1 cm³/mol. The molecule has 0 aromatic carbocycles. The molecule has 0 aromatic rings. The fourth-order valence-corrected chi connectivity index (χ4v) is 1.60. The van der Waals surface area contributed by atoms with E-state index in [0.717, 1.165) is 23.5 Å². The van der Waals surface area contributed by atoms with Crippen molar-refractivity contribution in [1.82, 2.24) is 0 Å². The molecule has 0 spiro atoms. The van der Waals surface area contributed by atoms with Crippen molar-refractivity contribution in [2.45, 2.75) is 53.2 Å². The molecule has 0 fully saturated rings. The van der Waals surface area contributed by atoms with Gasteiger partial charge in [-0.25, -0.2) is 0 Å². The number of rotatable bonds is 4. The van der Waals surface area contributed by atoms with Crippen molar-refractivity contribution < 1.29 is 18.9 Å². The summed E-state index contributed by atoms with van der Waals surface area (Å²) in [6, 6.07) is 0. The largest absolute Gasteiger partial charge is 1.00 e. The Bertz CT molecular complexity index is 90.0. The molecule has 0 rings (SSSR count). The van der Waals surface area contributed by atoms with Crippen molar-refractivity contribution in [2.75, 3.05) is 0 Å². The molecular weight excluding hydrogens is 138 g/mol. The Morgan fingerprint density at radius 1 is 0.667 bits per heavy atom. The molecule has 0 aliphatic rings. The van der Waals surface area contributed by atoms with Gasteiger partial charge in [0.1, 0.15) is 0 Å². The summed E-state index contributed by atoms with van der Waals surface area (Å²) in [7, 11) is 0.287. The Morgan fingerprint density at radius 3 is 1.08 bits per heavy atom. The molecule has 0 aliphatic carbocycles. The van der Waals surface area contributed by atoms with E-state index in [0.29, 0.717) is 0 Å². The van der Waals surface area contributed by atoms with Crippen LogP contribution in [0, 0.1) is 11.8 Å². The third-order valence-corrected chi connectivity index (χ3v) is 3.72. The molecule has 2 heteroatoms. The van der Waals surface area contributed by atoms with Gasteiger partial charge in [0, 0.05) is 0 Å². The molecular formula is C10H24BLi. The van der Waals surface area contributed by atoms with Crippen molar-refractivity contribution in [1.29, 1.82) is 0 Å². The third kappa shape index (κ3) is 6.21. The van der Waals surface area contributed by atoms with Crippen LogP contribution < -0.4 is 18.9 Å².